The molecular weight excluding hydrogens is 363 g/mol. The van der Waals surface area contributed by atoms with Crippen molar-refractivity contribution in [2.45, 2.75) is 47.0 Å². The molecule has 0 aliphatic heterocycles. The number of nitrogens with zero attached hydrogens (tertiary/aromatic N) is 2. The smallest absolute Gasteiger partial charge is 0.190 e. The van der Waals surface area contributed by atoms with Gasteiger partial charge in [0, 0.05) is 20.1 Å². The summed E-state index contributed by atoms with van der Waals surface area (Å²) in [5.41, 5.74) is 0. The van der Waals surface area contributed by atoms with Crippen LogP contribution in [0.5, 0.6) is 0 Å². The third-order valence-corrected chi connectivity index (χ3v) is 2.92. The van der Waals surface area contributed by atoms with E-state index in [1.54, 1.807) is 0 Å². The molecule has 0 aromatic rings. The molecule has 0 bridgehead atoms. The molecule has 0 saturated heterocycles. The van der Waals surface area contributed by atoms with E-state index in [9.17, 15) is 0 Å². The number of halogens is 1. The molecule has 0 unspecified atom stereocenters. The minimum atomic E-state index is 0. The van der Waals surface area contributed by atoms with Crippen LogP contribution >= 0.6 is 24.0 Å². The maximum absolute atomic E-state index is 4.23. The molecule has 122 valence electrons. The van der Waals surface area contributed by atoms with Crippen LogP contribution in [-0.4, -0.2) is 50.6 Å². The Labute approximate surface area is 143 Å². The van der Waals surface area contributed by atoms with E-state index < -0.39 is 0 Å². The molecule has 2 N–H and O–H groups in total. The van der Waals surface area contributed by atoms with Crippen LogP contribution in [0.1, 0.15) is 47.0 Å². The van der Waals surface area contributed by atoms with E-state index in [1.165, 1.54) is 38.9 Å². The first-order valence-electron chi connectivity index (χ1n) is 7.80. The minimum Gasteiger partial charge on any atom is -0.356 e. The highest BCUT2D eigenvalue weighted by Gasteiger charge is 2.03. The lowest BCUT2D eigenvalue weighted by atomic mass is 10.2. The van der Waals surface area contributed by atoms with Crippen molar-refractivity contribution in [2.24, 2.45) is 10.9 Å². The van der Waals surface area contributed by atoms with Crippen molar-refractivity contribution in [3.8, 4) is 0 Å². The highest BCUT2D eigenvalue weighted by Crippen LogP contribution is 1.95. The van der Waals surface area contributed by atoms with E-state index in [0.29, 0.717) is 5.92 Å². The zero-order valence-electron chi connectivity index (χ0n) is 14.0. The van der Waals surface area contributed by atoms with Gasteiger partial charge in [-0.2, -0.15) is 0 Å². The molecule has 20 heavy (non-hydrogen) atoms. The quantitative estimate of drug-likeness (QED) is 0.257. The first kappa shape index (κ1) is 22.2. The molecule has 0 heterocycles. The van der Waals surface area contributed by atoms with Crippen LogP contribution in [0.3, 0.4) is 0 Å². The third-order valence-electron chi connectivity index (χ3n) is 2.92. The first-order chi connectivity index (χ1) is 9.13. The molecule has 0 fully saturated rings. The number of nitrogens with one attached hydrogen (secondary N) is 2. The molecule has 0 rings (SSSR count). The lowest BCUT2D eigenvalue weighted by Crippen LogP contribution is -2.40. The molecule has 0 spiro atoms. The van der Waals surface area contributed by atoms with Gasteiger partial charge in [0.2, 0.25) is 0 Å². The summed E-state index contributed by atoms with van der Waals surface area (Å²) in [6.07, 6.45) is 3.65. The van der Waals surface area contributed by atoms with Gasteiger partial charge in [-0.3, -0.25) is 4.99 Å². The summed E-state index contributed by atoms with van der Waals surface area (Å²) in [5, 5.41) is 6.71. The summed E-state index contributed by atoms with van der Waals surface area (Å²) in [6.45, 7) is 14.5. The molecule has 0 aromatic carbocycles. The molecule has 0 saturated carbocycles. The van der Waals surface area contributed by atoms with Crippen molar-refractivity contribution in [2.75, 3.05) is 39.8 Å². The predicted molar refractivity (Wildman–Crippen MR) is 101 cm³/mol. The largest absolute Gasteiger partial charge is 0.356 e. The number of hydrogen-bond donors (Lipinski definition) is 2. The SMILES string of the molecule is CCCN(CCC)CCCNC(=NC)NCC(C)C.I. The fraction of sp³-hybridized carbons (Fsp3) is 0.933. The maximum Gasteiger partial charge on any atom is 0.190 e. The summed E-state index contributed by atoms with van der Waals surface area (Å²) in [6, 6.07) is 0. The topological polar surface area (TPSA) is 39.7 Å². The molecular formula is C15H35IN4. The molecule has 0 aromatic heterocycles. The highest BCUT2D eigenvalue weighted by molar-refractivity contribution is 14.0. The first-order valence-corrected chi connectivity index (χ1v) is 7.80. The van der Waals surface area contributed by atoms with E-state index in [1.807, 2.05) is 7.05 Å². The minimum absolute atomic E-state index is 0. The lowest BCUT2D eigenvalue weighted by Gasteiger charge is -2.21. The van der Waals surface area contributed by atoms with Crippen LogP contribution in [-0.2, 0) is 0 Å². The average Bonchev–Trinajstić information content (AvgIpc) is 2.38. The summed E-state index contributed by atoms with van der Waals surface area (Å²) < 4.78 is 0. The number of hydrogen-bond acceptors (Lipinski definition) is 2. The molecule has 0 aliphatic rings. The normalized spacial score (nSPS) is 11.7. The zero-order valence-corrected chi connectivity index (χ0v) is 16.4. The van der Waals surface area contributed by atoms with Gasteiger partial charge in [-0.1, -0.05) is 27.7 Å². The number of guanidine groups is 1. The van der Waals surface area contributed by atoms with Gasteiger partial charge >= 0.3 is 0 Å². The Morgan fingerprint density at radius 1 is 1.05 bits per heavy atom. The van der Waals surface area contributed by atoms with Crippen molar-refractivity contribution in [3.63, 3.8) is 0 Å². The van der Waals surface area contributed by atoms with Gasteiger partial charge in [0.15, 0.2) is 5.96 Å². The Balaban J connectivity index is 0. The Hall–Kier alpha value is -0.0400. The van der Waals surface area contributed by atoms with Crippen LogP contribution in [0.2, 0.25) is 0 Å². The summed E-state index contributed by atoms with van der Waals surface area (Å²) >= 11 is 0. The second kappa shape index (κ2) is 15.4. The van der Waals surface area contributed by atoms with Gasteiger partial charge < -0.3 is 15.5 Å². The van der Waals surface area contributed by atoms with Gasteiger partial charge in [0.05, 0.1) is 0 Å². The maximum atomic E-state index is 4.23. The van der Waals surface area contributed by atoms with Crippen molar-refractivity contribution in [3.05, 3.63) is 0 Å². The van der Waals surface area contributed by atoms with E-state index in [-0.39, 0.29) is 24.0 Å². The van der Waals surface area contributed by atoms with Crippen molar-refractivity contribution < 1.29 is 0 Å². The molecule has 0 radical (unpaired) electrons. The average molecular weight is 398 g/mol. The Morgan fingerprint density at radius 2 is 1.65 bits per heavy atom. The molecule has 4 nitrogen and oxygen atoms in total. The summed E-state index contributed by atoms with van der Waals surface area (Å²) in [4.78, 5) is 6.78. The molecule has 0 aliphatic carbocycles. The van der Waals surface area contributed by atoms with Gasteiger partial charge in [-0.15, -0.1) is 24.0 Å². The fourth-order valence-electron chi connectivity index (χ4n) is 2.00. The van der Waals surface area contributed by atoms with E-state index >= 15 is 0 Å². The third kappa shape index (κ3) is 13.0. The summed E-state index contributed by atoms with van der Waals surface area (Å²) in [5.74, 6) is 1.56. The molecule has 0 atom stereocenters. The Kier molecular flexibility index (Phi) is 17.1. The standard InChI is InChI=1S/C15H34N4.HI/c1-6-10-19(11-7-2)12-8-9-17-15(16-5)18-13-14(3)4;/h14H,6-13H2,1-5H3,(H2,16,17,18);1H. The van der Waals surface area contributed by atoms with Gasteiger partial charge in [0.1, 0.15) is 0 Å². The van der Waals surface area contributed by atoms with Gasteiger partial charge in [-0.25, -0.2) is 0 Å². The van der Waals surface area contributed by atoms with Crippen LogP contribution < -0.4 is 10.6 Å². The second-order valence-electron chi connectivity index (χ2n) is 5.47. The van der Waals surface area contributed by atoms with E-state index in [2.05, 4.69) is 48.2 Å². The lowest BCUT2D eigenvalue weighted by molar-refractivity contribution is 0.271. The van der Waals surface area contributed by atoms with Crippen molar-refractivity contribution in [1.82, 2.24) is 15.5 Å². The van der Waals surface area contributed by atoms with Crippen molar-refractivity contribution >= 4 is 29.9 Å². The molecule has 0 amide bonds. The van der Waals surface area contributed by atoms with Crippen LogP contribution in [0.25, 0.3) is 0 Å². The highest BCUT2D eigenvalue weighted by atomic mass is 127. The summed E-state index contributed by atoms with van der Waals surface area (Å²) in [7, 11) is 1.83. The molecule has 5 heteroatoms. The van der Waals surface area contributed by atoms with Crippen molar-refractivity contribution in [1.29, 1.82) is 0 Å². The fourth-order valence-corrected chi connectivity index (χ4v) is 2.00. The van der Waals surface area contributed by atoms with Crippen LogP contribution in [0.15, 0.2) is 4.99 Å². The Morgan fingerprint density at radius 3 is 2.10 bits per heavy atom. The Bertz CT molecular complexity index is 226. The number of rotatable bonds is 10. The van der Waals surface area contributed by atoms with Gasteiger partial charge in [-0.05, 0) is 44.8 Å². The van der Waals surface area contributed by atoms with E-state index in [0.717, 1.165) is 19.0 Å². The van der Waals surface area contributed by atoms with Gasteiger partial charge in [0.25, 0.3) is 0 Å². The van der Waals surface area contributed by atoms with Crippen LogP contribution in [0.4, 0.5) is 0 Å². The zero-order chi connectivity index (χ0) is 14.5. The van der Waals surface area contributed by atoms with Crippen LogP contribution in [0, 0.1) is 5.92 Å². The predicted octanol–water partition coefficient (Wildman–Crippen LogP) is 2.94. The monoisotopic (exact) mass is 398 g/mol. The second-order valence-corrected chi connectivity index (χ2v) is 5.47. The van der Waals surface area contributed by atoms with E-state index in [4.69, 9.17) is 0 Å². The number of aliphatic imine (C=N–C) groups is 1.